The molecule has 26 heteroatoms. The predicted molar refractivity (Wildman–Crippen MR) is 185 cm³/mol. The number of nitrogens with two attached hydrogens (primary N) is 1. The van der Waals surface area contributed by atoms with Crippen molar-refractivity contribution in [3.8, 4) is 0 Å². The molecule has 0 radical (unpaired) electrons. The largest absolute Gasteiger partial charge is 0.790 e. The van der Waals surface area contributed by atoms with Gasteiger partial charge in [-0.2, -0.15) is 0 Å². The lowest BCUT2D eigenvalue weighted by atomic mass is 9.87. The molecular weight excluding hydrogens is 771 g/mol. The summed E-state index contributed by atoms with van der Waals surface area (Å²) in [5, 5.41) is 26.2. The fourth-order valence-corrected chi connectivity index (χ4v) is 7.15. The average Bonchev–Trinajstić information content (AvgIpc) is 3.50. The number of imidazole rings is 1. The van der Waals surface area contributed by atoms with Crippen molar-refractivity contribution in [2.75, 3.05) is 32.0 Å². The second kappa shape index (κ2) is 21.0. The van der Waals surface area contributed by atoms with Gasteiger partial charge in [-0.05, 0) is 13.8 Å². The maximum atomic E-state index is 12.5. The first kappa shape index (κ1) is 54.9. The number of hydrogen-bond acceptors (Lipinski definition) is 20. The zero-order chi connectivity index (χ0) is 36.3. The number of aliphatic hydroxyl groups excluding tert-OH is 2. The van der Waals surface area contributed by atoms with E-state index in [0.717, 1.165) is 17.2 Å². The highest BCUT2D eigenvalue weighted by Crippen LogP contribution is 2.56. The van der Waals surface area contributed by atoms with Crippen molar-refractivity contribution in [2.24, 2.45) is 5.41 Å². The summed E-state index contributed by atoms with van der Waals surface area (Å²) >= 11 is 0. The first-order chi connectivity index (χ1) is 22.0. The van der Waals surface area contributed by atoms with E-state index in [1.807, 2.05) is 0 Å². The van der Waals surface area contributed by atoms with Crippen molar-refractivity contribution in [3.63, 3.8) is 0 Å². The van der Waals surface area contributed by atoms with Crippen LogP contribution in [0, 0.1) is 5.41 Å². The normalized spacial score (nSPS) is 22.6. The van der Waals surface area contributed by atoms with E-state index in [1.54, 1.807) is 6.92 Å². The van der Waals surface area contributed by atoms with Crippen molar-refractivity contribution in [3.05, 3.63) is 12.7 Å². The Labute approximate surface area is 309 Å². The Balaban J connectivity index is -0.00000500. The lowest BCUT2D eigenvalue weighted by Gasteiger charge is -2.36. The van der Waals surface area contributed by atoms with E-state index in [2.05, 4.69) is 43.5 Å². The van der Waals surface area contributed by atoms with Gasteiger partial charge >= 0.3 is 0 Å². The predicted octanol–water partition coefficient (Wildman–Crippen LogP) is -0.749. The molecule has 2 amide bonds. The maximum absolute atomic E-state index is 12.5. The molecule has 312 valence electrons. The van der Waals surface area contributed by atoms with Crippen LogP contribution in [0.2, 0.25) is 0 Å². The molecule has 7 unspecified atom stereocenters. The Morgan fingerprint density at radius 2 is 1.64 bits per heavy atom. The van der Waals surface area contributed by atoms with Gasteiger partial charge in [0.2, 0.25) is 11.8 Å². The fraction of sp³-hybridized carbons (Fsp3) is 0.741. The molecule has 53 heavy (non-hydrogen) atoms. The highest BCUT2D eigenvalue weighted by Gasteiger charge is 2.55. The van der Waals surface area contributed by atoms with Crippen LogP contribution in [-0.2, 0) is 51.6 Å². The van der Waals surface area contributed by atoms with Crippen LogP contribution in [0.25, 0.3) is 11.2 Å². The van der Waals surface area contributed by atoms with E-state index in [0.29, 0.717) is 6.54 Å². The topological polar surface area (TPSA) is 358 Å². The van der Waals surface area contributed by atoms with E-state index < -0.39 is 78.1 Å². The van der Waals surface area contributed by atoms with Crippen LogP contribution in [0.3, 0.4) is 0 Å². The highest BCUT2D eigenvalue weighted by atomic mass is 31.3. The molecule has 3 rings (SSSR count). The van der Waals surface area contributed by atoms with Crippen LogP contribution in [-0.4, -0.2) is 92.3 Å². The first-order valence-corrected chi connectivity index (χ1v) is 18.3. The second-order valence-electron chi connectivity index (χ2n) is 11.1. The van der Waals surface area contributed by atoms with Gasteiger partial charge in [0.1, 0.15) is 36.3 Å². The number of phosphoric acid groups is 3. The summed E-state index contributed by atoms with van der Waals surface area (Å²) in [5.74, 6) is -1.41. The number of phosphoric ester groups is 3. The molecule has 0 saturated carbocycles. The number of fused-ring (bicyclic) bond motifs is 1. The number of nitrogens with zero attached hydrogens (tertiary/aromatic N) is 4. The standard InChI is InChI=1S/C22H38N7O16P3.5CH4/c1-5-24-13(30)6-7-25-20(33)17(32)21(2,3)9-42-48(39,40)45-47(37,38)41-8-12-15(44-46(34,35)36)16(31)22(4,43-12)29-11-28-14-18(23)26-10-27-19(14)29;;;;;/h10-12,15-17,31-32H,5-9H2,1-4H3,(H,24,30)(H,25,33)(H,37,38)(H,39,40)(H2,23,26,27)(H2,34,35,36);5*1H4/p-4. The van der Waals surface area contributed by atoms with Gasteiger partial charge < -0.3 is 69.0 Å². The van der Waals surface area contributed by atoms with Gasteiger partial charge in [-0.15, -0.1) is 0 Å². The minimum atomic E-state index is -5.90. The molecule has 2 aromatic heterocycles. The molecule has 0 aromatic carbocycles. The van der Waals surface area contributed by atoms with Crippen molar-refractivity contribution in [1.29, 1.82) is 0 Å². The Kier molecular flexibility index (Phi) is 21.8. The first-order valence-electron chi connectivity index (χ1n) is 13.9. The molecule has 3 heterocycles. The van der Waals surface area contributed by atoms with Gasteiger partial charge in [0.05, 0.1) is 27.4 Å². The van der Waals surface area contributed by atoms with Crippen LogP contribution >= 0.6 is 23.5 Å². The highest BCUT2D eigenvalue weighted by molar-refractivity contribution is 7.59. The van der Waals surface area contributed by atoms with Crippen molar-refractivity contribution in [2.45, 2.75) is 101 Å². The molecule has 7 atom stereocenters. The number of nitrogens with one attached hydrogen (secondary N) is 2. The monoisotopic (exact) mass is 825 g/mol. The van der Waals surface area contributed by atoms with Gasteiger partial charge in [-0.25, -0.2) is 19.3 Å². The smallest absolute Gasteiger partial charge is 0.274 e. The summed E-state index contributed by atoms with van der Waals surface area (Å²) in [7, 11) is -17.5. The lowest BCUT2D eigenvalue weighted by Crippen LogP contribution is -2.46. The van der Waals surface area contributed by atoms with Gasteiger partial charge in [-0.1, -0.05) is 51.0 Å². The molecule has 1 aliphatic heterocycles. The molecule has 2 aromatic rings. The van der Waals surface area contributed by atoms with Gasteiger partial charge in [-0.3, -0.25) is 23.3 Å². The molecule has 23 nitrogen and oxygen atoms in total. The summed E-state index contributed by atoms with van der Waals surface area (Å²) in [4.78, 5) is 83.3. The van der Waals surface area contributed by atoms with E-state index in [9.17, 15) is 53.1 Å². The number of rotatable bonds is 17. The third kappa shape index (κ3) is 14.3. The number of carbonyl (C=O) groups is 2. The molecule has 1 saturated heterocycles. The quantitative estimate of drug-likeness (QED) is 0.122. The average molecular weight is 826 g/mol. The van der Waals surface area contributed by atoms with Crippen molar-refractivity contribution in [1.82, 2.24) is 30.2 Å². The number of aliphatic hydroxyl groups is 2. The van der Waals surface area contributed by atoms with Crippen LogP contribution in [0.1, 0.15) is 71.2 Å². The van der Waals surface area contributed by atoms with Gasteiger partial charge in [0, 0.05) is 24.9 Å². The fourth-order valence-electron chi connectivity index (χ4n) is 4.43. The van der Waals surface area contributed by atoms with E-state index in [1.165, 1.54) is 20.8 Å². The summed E-state index contributed by atoms with van der Waals surface area (Å²) in [6.45, 7) is 3.29. The number of ether oxygens (including phenoxy) is 1. The molecule has 6 N–H and O–H groups in total. The van der Waals surface area contributed by atoms with E-state index >= 15 is 0 Å². The van der Waals surface area contributed by atoms with Crippen molar-refractivity contribution >= 4 is 52.3 Å². The third-order valence-electron chi connectivity index (χ3n) is 6.91. The SMILES string of the molecule is C.C.C.C.C.CCNC(=O)CCNC(=O)C(O)C(C)(C)COP(=O)([O-])OP(=O)([O-])OCC1OC(C)(n2cnc3c(N)ncnc32)C(O)C1OP(=O)([O-])[O-]. The molecule has 1 fully saturated rings. The number of nitrogen functional groups attached to an aromatic ring is 1. The zero-order valence-corrected chi connectivity index (χ0v) is 28.5. The Morgan fingerprint density at radius 1 is 1.06 bits per heavy atom. The minimum absolute atomic E-state index is 0. The molecule has 0 spiro atoms. The zero-order valence-electron chi connectivity index (χ0n) is 25.8. The van der Waals surface area contributed by atoms with Crippen LogP contribution in [0.15, 0.2) is 12.7 Å². The second-order valence-corrected chi connectivity index (χ2v) is 15.2. The third-order valence-corrected chi connectivity index (χ3v) is 9.92. The van der Waals surface area contributed by atoms with Crippen LogP contribution in [0.4, 0.5) is 5.82 Å². The summed E-state index contributed by atoms with van der Waals surface area (Å²) < 4.78 is 60.6. The van der Waals surface area contributed by atoms with Crippen LogP contribution < -0.4 is 35.9 Å². The summed E-state index contributed by atoms with van der Waals surface area (Å²) in [5.41, 5.74) is 2.09. The van der Waals surface area contributed by atoms with E-state index in [-0.39, 0.29) is 73.0 Å². The number of anilines is 1. The molecule has 0 aliphatic carbocycles. The Morgan fingerprint density at radius 3 is 2.21 bits per heavy atom. The molecule has 0 bridgehead atoms. The Bertz CT molecular complexity index is 1630. The van der Waals surface area contributed by atoms with Gasteiger partial charge in [0.15, 0.2) is 17.2 Å². The Hall–Kier alpha value is -2.46. The summed E-state index contributed by atoms with van der Waals surface area (Å²) in [6, 6.07) is 0. The molecular formula is C27H54N7O16P3-4. The van der Waals surface area contributed by atoms with E-state index in [4.69, 9.17) is 10.5 Å². The number of amides is 2. The number of carbonyl (C=O) groups excluding carboxylic acids is 2. The van der Waals surface area contributed by atoms with Gasteiger partial charge in [0.25, 0.3) is 15.6 Å². The minimum Gasteiger partial charge on any atom is -0.790 e. The number of aromatic nitrogens is 4. The lowest BCUT2D eigenvalue weighted by molar-refractivity contribution is -0.347. The maximum Gasteiger partial charge on any atom is 0.274 e. The number of hydrogen-bond donors (Lipinski definition) is 5. The molecule has 1 aliphatic rings. The van der Waals surface area contributed by atoms with Crippen LogP contribution in [0.5, 0.6) is 0 Å². The summed E-state index contributed by atoms with van der Waals surface area (Å²) in [6.07, 6.45) is -5.87. The van der Waals surface area contributed by atoms with Crippen molar-refractivity contribution < 1.29 is 75.7 Å².